The number of hydrogen-bond donors (Lipinski definition) is 2. The number of nitrogens with one attached hydrogen (secondary N) is 2. The lowest BCUT2D eigenvalue weighted by atomic mass is 10.2. The number of nitrogens with zero attached hydrogens (tertiary/aromatic N) is 3. The van der Waals surface area contributed by atoms with Crippen molar-refractivity contribution in [2.75, 3.05) is 20.3 Å². The van der Waals surface area contributed by atoms with Crippen LogP contribution in [0, 0.1) is 0 Å². The Morgan fingerprint density at radius 2 is 2.29 bits per heavy atom. The van der Waals surface area contributed by atoms with Crippen molar-refractivity contribution in [1.82, 2.24) is 25.4 Å². The second-order valence-corrected chi connectivity index (χ2v) is 5.57. The number of rotatable bonds is 6. The van der Waals surface area contributed by atoms with E-state index in [1.165, 1.54) is 6.20 Å². The molecule has 2 aromatic rings. The van der Waals surface area contributed by atoms with Gasteiger partial charge in [-0.3, -0.25) is 19.3 Å². The number of carbonyl (C=O) groups is 2. The number of ether oxygens (including phenoxy) is 1. The van der Waals surface area contributed by atoms with Crippen molar-refractivity contribution >= 4 is 11.8 Å². The second kappa shape index (κ2) is 7.22. The Morgan fingerprint density at radius 3 is 3.00 bits per heavy atom. The van der Waals surface area contributed by atoms with Crippen LogP contribution in [0.3, 0.4) is 0 Å². The molecule has 0 aliphatic carbocycles. The van der Waals surface area contributed by atoms with Gasteiger partial charge in [0.2, 0.25) is 0 Å². The van der Waals surface area contributed by atoms with E-state index in [1.807, 2.05) is 0 Å². The van der Waals surface area contributed by atoms with Gasteiger partial charge in [-0.15, -0.1) is 0 Å². The third kappa shape index (κ3) is 3.60. The molecule has 2 amide bonds. The zero-order valence-electron chi connectivity index (χ0n) is 13.4. The molecule has 8 nitrogen and oxygen atoms in total. The summed E-state index contributed by atoms with van der Waals surface area (Å²) in [6, 6.07) is 5.17. The fourth-order valence-corrected chi connectivity index (χ4v) is 2.63. The highest BCUT2D eigenvalue weighted by Gasteiger charge is 2.26. The SMILES string of the molecule is COCCNC(=O)c1cc2n(n1)C[C@@H](NC(=O)c1cccnc1)C2. The number of carbonyl (C=O) groups excluding carboxylic acids is 2. The van der Waals surface area contributed by atoms with Gasteiger partial charge in [0.15, 0.2) is 0 Å². The van der Waals surface area contributed by atoms with E-state index in [2.05, 4.69) is 20.7 Å². The summed E-state index contributed by atoms with van der Waals surface area (Å²) in [5.41, 5.74) is 1.85. The van der Waals surface area contributed by atoms with E-state index in [-0.39, 0.29) is 17.9 Å². The van der Waals surface area contributed by atoms with Gasteiger partial charge in [0.1, 0.15) is 5.69 Å². The molecule has 126 valence electrons. The molecule has 24 heavy (non-hydrogen) atoms. The van der Waals surface area contributed by atoms with Crippen LogP contribution in [0.4, 0.5) is 0 Å². The van der Waals surface area contributed by atoms with E-state index >= 15 is 0 Å². The van der Waals surface area contributed by atoms with Crippen molar-refractivity contribution in [1.29, 1.82) is 0 Å². The van der Waals surface area contributed by atoms with Crippen LogP contribution >= 0.6 is 0 Å². The van der Waals surface area contributed by atoms with E-state index in [1.54, 1.807) is 36.2 Å². The normalized spacial score (nSPS) is 15.8. The lowest BCUT2D eigenvalue weighted by Gasteiger charge is -2.11. The molecule has 0 spiro atoms. The maximum atomic E-state index is 12.1. The van der Waals surface area contributed by atoms with Gasteiger partial charge in [-0.05, 0) is 18.2 Å². The van der Waals surface area contributed by atoms with E-state index in [0.717, 1.165) is 5.69 Å². The molecule has 3 heterocycles. The highest BCUT2D eigenvalue weighted by Crippen LogP contribution is 2.16. The van der Waals surface area contributed by atoms with Crippen LogP contribution in [0.5, 0.6) is 0 Å². The van der Waals surface area contributed by atoms with Gasteiger partial charge in [0, 0.05) is 38.2 Å². The Labute approximate surface area is 139 Å². The summed E-state index contributed by atoms with van der Waals surface area (Å²) in [6.07, 6.45) is 3.80. The first kappa shape index (κ1) is 16.1. The molecule has 0 bridgehead atoms. The van der Waals surface area contributed by atoms with Gasteiger partial charge in [0.25, 0.3) is 11.8 Å². The maximum absolute atomic E-state index is 12.1. The number of amides is 2. The maximum Gasteiger partial charge on any atom is 0.271 e. The number of methoxy groups -OCH3 is 1. The molecule has 0 unspecified atom stereocenters. The molecule has 0 saturated heterocycles. The Hall–Kier alpha value is -2.74. The van der Waals surface area contributed by atoms with Crippen LogP contribution in [0.15, 0.2) is 30.6 Å². The summed E-state index contributed by atoms with van der Waals surface area (Å²) in [5, 5.41) is 10.00. The fraction of sp³-hybridized carbons (Fsp3) is 0.375. The molecular formula is C16H19N5O3. The molecule has 0 fully saturated rings. The molecule has 2 aromatic heterocycles. The summed E-state index contributed by atoms with van der Waals surface area (Å²) in [5.74, 6) is -0.374. The van der Waals surface area contributed by atoms with Crippen molar-refractivity contribution in [3.63, 3.8) is 0 Å². The van der Waals surface area contributed by atoms with Gasteiger partial charge >= 0.3 is 0 Å². The van der Waals surface area contributed by atoms with Crippen molar-refractivity contribution < 1.29 is 14.3 Å². The Bertz CT molecular complexity index is 705. The fourth-order valence-electron chi connectivity index (χ4n) is 2.63. The standard InChI is InChI=1S/C16H19N5O3/c1-24-6-5-18-16(23)14-8-13-7-12(10-21(13)20-14)19-15(22)11-3-2-4-17-9-11/h2-4,8-9,12H,5-7,10H2,1H3,(H,18,23)(H,19,22)/t12-/m0/s1. The van der Waals surface area contributed by atoms with Gasteiger partial charge in [0.05, 0.1) is 24.8 Å². The monoisotopic (exact) mass is 329 g/mol. The van der Waals surface area contributed by atoms with Crippen LogP contribution in [0.1, 0.15) is 26.5 Å². The largest absolute Gasteiger partial charge is 0.383 e. The van der Waals surface area contributed by atoms with E-state index in [9.17, 15) is 9.59 Å². The molecular weight excluding hydrogens is 310 g/mol. The third-order valence-electron chi connectivity index (χ3n) is 3.80. The number of hydrogen-bond acceptors (Lipinski definition) is 5. The summed E-state index contributed by atoms with van der Waals surface area (Å²) < 4.78 is 6.66. The van der Waals surface area contributed by atoms with Crippen LogP contribution in [-0.4, -0.2) is 52.9 Å². The summed E-state index contributed by atoms with van der Waals surface area (Å²) in [4.78, 5) is 28.0. The van der Waals surface area contributed by atoms with Gasteiger partial charge < -0.3 is 15.4 Å². The number of pyridine rings is 1. The Morgan fingerprint density at radius 1 is 1.42 bits per heavy atom. The Balaban J connectivity index is 1.55. The third-order valence-corrected chi connectivity index (χ3v) is 3.80. The highest BCUT2D eigenvalue weighted by atomic mass is 16.5. The van der Waals surface area contributed by atoms with E-state index in [0.29, 0.717) is 37.4 Å². The predicted molar refractivity (Wildman–Crippen MR) is 85.6 cm³/mol. The Kier molecular flexibility index (Phi) is 4.85. The van der Waals surface area contributed by atoms with Crippen molar-refractivity contribution in [2.45, 2.75) is 19.0 Å². The van der Waals surface area contributed by atoms with Crippen LogP contribution in [-0.2, 0) is 17.7 Å². The molecule has 0 radical (unpaired) electrons. The smallest absolute Gasteiger partial charge is 0.271 e. The molecule has 3 rings (SSSR count). The minimum Gasteiger partial charge on any atom is -0.383 e. The van der Waals surface area contributed by atoms with Crippen molar-refractivity contribution in [2.24, 2.45) is 0 Å². The molecule has 1 aliphatic rings. The van der Waals surface area contributed by atoms with Crippen molar-refractivity contribution in [3.8, 4) is 0 Å². The summed E-state index contributed by atoms with van der Waals surface area (Å²) >= 11 is 0. The van der Waals surface area contributed by atoms with Crippen molar-refractivity contribution in [3.05, 3.63) is 47.5 Å². The first-order chi connectivity index (χ1) is 11.7. The lowest BCUT2D eigenvalue weighted by molar-refractivity contribution is 0.0921. The van der Waals surface area contributed by atoms with Crippen LogP contribution in [0.25, 0.3) is 0 Å². The molecule has 2 N–H and O–H groups in total. The topological polar surface area (TPSA) is 98.1 Å². The zero-order valence-corrected chi connectivity index (χ0v) is 13.4. The lowest BCUT2D eigenvalue weighted by Crippen LogP contribution is -2.36. The average Bonchev–Trinajstić information content (AvgIpc) is 3.14. The molecule has 0 saturated carbocycles. The summed E-state index contributed by atoms with van der Waals surface area (Å²) in [7, 11) is 1.58. The number of aromatic nitrogens is 3. The second-order valence-electron chi connectivity index (χ2n) is 5.57. The van der Waals surface area contributed by atoms with Gasteiger partial charge in [-0.2, -0.15) is 5.10 Å². The van der Waals surface area contributed by atoms with E-state index in [4.69, 9.17) is 4.74 Å². The molecule has 8 heteroatoms. The van der Waals surface area contributed by atoms with Gasteiger partial charge in [-0.25, -0.2) is 0 Å². The quantitative estimate of drug-likeness (QED) is 0.728. The van der Waals surface area contributed by atoms with Crippen LogP contribution < -0.4 is 10.6 Å². The molecule has 1 aliphatic heterocycles. The van der Waals surface area contributed by atoms with E-state index < -0.39 is 0 Å². The average molecular weight is 329 g/mol. The van der Waals surface area contributed by atoms with Crippen LogP contribution in [0.2, 0.25) is 0 Å². The molecule has 1 atom stereocenters. The van der Waals surface area contributed by atoms with Gasteiger partial charge in [-0.1, -0.05) is 0 Å². The highest BCUT2D eigenvalue weighted by molar-refractivity contribution is 5.94. The summed E-state index contributed by atoms with van der Waals surface area (Å²) in [6.45, 7) is 1.45. The predicted octanol–water partition coefficient (Wildman–Crippen LogP) is 0.00900. The zero-order chi connectivity index (χ0) is 16.9. The number of fused-ring (bicyclic) bond motifs is 1. The molecule has 0 aromatic carbocycles. The first-order valence-corrected chi connectivity index (χ1v) is 7.72. The minimum absolute atomic E-state index is 0.0363. The first-order valence-electron chi connectivity index (χ1n) is 7.72. The minimum atomic E-state index is -0.218.